The lowest BCUT2D eigenvalue weighted by atomic mass is 10.0. The van der Waals surface area contributed by atoms with Gasteiger partial charge in [-0.3, -0.25) is 14.2 Å². The summed E-state index contributed by atoms with van der Waals surface area (Å²) in [5.74, 6) is 0.777. The molecule has 0 saturated heterocycles. The molecule has 0 bridgehead atoms. The van der Waals surface area contributed by atoms with E-state index < -0.39 is 21.1 Å². The van der Waals surface area contributed by atoms with E-state index in [1.807, 2.05) is 32.9 Å². The standard InChI is InChI=1S/C16H17Cl2N3OS2/c1-15(2)14(19)21-16(3,8-24(15)22)13-11(18)5-12(23-13)9-4-10(17)7-20-6-9/h4-7H,8H2,1-3H3,(H2,19,21)/t16-,24?/m0/s1. The van der Waals surface area contributed by atoms with Crippen LogP contribution in [0, 0.1) is 0 Å². The van der Waals surface area contributed by atoms with Crippen LogP contribution in [0.25, 0.3) is 10.4 Å². The molecule has 2 N–H and O–H groups in total. The Morgan fingerprint density at radius 3 is 2.58 bits per heavy atom. The fourth-order valence-electron chi connectivity index (χ4n) is 2.53. The minimum atomic E-state index is -1.14. The summed E-state index contributed by atoms with van der Waals surface area (Å²) in [6.07, 6.45) is 3.32. The van der Waals surface area contributed by atoms with Gasteiger partial charge >= 0.3 is 0 Å². The Morgan fingerprint density at radius 1 is 1.25 bits per heavy atom. The van der Waals surface area contributed by atoms with Crippen molar-refractivity contribution in [1.29, 1.82) is 0 Å². The molecule has 2 aromatic heterocycles. The van der Waals surface area contributed by atoms with E-state index in [9.17, 15) is 4.21 Å². The largest absolute Gasteiger partial charge is 0.386 e. The summed E-state index contributed by atoms with van der Waals surface area (Å²) < 4.78 is 12.0. The number of amidine groups is 1. The zero-order chi connectivity index (χ0) is 17.7. The van der Waals surface area contributed by atoms with E-state index in [0.717, 1.165) is 15.3 Å². The van der Waals surface area contributed by atoms with Crippen molar-refractivity contribution in [3.8, 4) is 10.4 Å². The van der Waals surface area contributed by atoms with Gasteiger partial charge in [-0.15, -0.1) is 11.3 Å². The number of rotatable bonds is 2. The number of nitrogens with zero attached hydrogens (tertiary/aromatic N) is 2. The van der Waals surface area contributed by atoms with Crippen molar-refractivity contribution in [2.45, 2.75) is 31.1 Å². The fourth-order valence-corrected chi connectivity index (χ4v) is 5.76. The maximum absolute atomic E-state index is 12.6. The van der Waals surface area contributed by atoms with Crippen LogP contribution in [0.3, 0.4) is 0 Å². The predicted octanol–water partition coefficient (Wildman–Crippen LogP) is 4.23. The van der Waals surface area contributed by atoms with Gasteiger partial charge in [-0.05, 0) is 32.9 Å². The quantitative estimate of drug-likeness (QED) is 0.818. The van der Waals surface area contributed by atoms with Gasteiger partial charge in [0.15, 0.2) is 0 Å². The molecule has 3 heterocycles. The van der Waals surface area contributed by atoms with Gasteiger partial charge in [0.2, 0.25) is 0 Å². The highest BCUT2D eigenvalue weighted by Crippen LogP contribution is 2.45. The average Bonchev–Trinajstić information content (AvgIpc) is 2.88. The van der Waals surface area contributed by atoms with Crippen molar-refractivity contribution in [3.63, 3.8) is 0 Å². The monoisotopic (exact) mass is 401 g/mol. The molecule has 0 spiro atoms. The molecule has 1 aliphatic rings. The predicted molar refractivity (Wildman–Crippen MR) is 104 cm³/mol. The number of thiophene rings is 1. The van der Waals surface area contributed by atoms with Gasteiger partial charge in [0.1, 0.15) is 11.4 Å². The topological polar surface area (TPSA) is 68.3 Å². The highest BCUT2D eigenvalue weighted by atomic mass is 35.5. The molecule has 0 radical (unpaired) electrons. The number of pyridine rings is 1. The summed E-state index contributed by atoms with van der Waals surface area (Å²) in [7, 11) is -1.14. The molecule has 8 heteroatoms. The maximum Gasteiger partial charge on any atom is 0.113 e. The van der Waals surface area contributed by atoms with Crippen LogP contribution in [0.2, 0.25) is 10.0 Å². The Hall–Kier alpha value is -0.950. The van der Waals surface area contributed by atoms with Gasteiger partial charge in [0.05, 0.1) is 25.4 Å². The normalized spacial score (nSPS) is 26.2. The lowest BCUT2D eigenvalue weighted by molar-refractivity contribution is 0.545. The second-order valence-corrected chi connectivity index (χ2v) is 10.3. The minimum Gasteiger partial charge on any atom is -0.386 e. The van der Waals surface area contributed by atoms with E-state index in [0.29, 0.717) is 21.6 Å². The third kappa shape index (κ3) is 3.01. The molecule has 3 rings (SSSR count). The molecule has 0 fully saturated rings. The van der Waals surface area contributed by atoms with Crippen LogP contribution in [0.15, 0.2) is 29.5 Å². The molecular formula is C16H17Cl2N3OS2. The van der Waals surface area contributed by atoms with Crippen LogP contribution in [0.4, 0.5) is 0 Å². The zero-order valence-corrected chi connectivity index (χ0v) is 16.6. The van der Waals surface area contributed by atoms with Crippen LogP contribution < -0.4 is 5.73 Å². The molecular weight excluding hydrogens is 385 g/mol. The van der Waals surface area contributed by atoms with Crippen LogP contribution in [0.5, 0.6) is 0 Å². The van der Waals surface area contributed by atoms with Crippen LogP contribution in [0.1, 0.15) is 25.6 Å². The van der Waals surface area contributed by atoms with Gasteiger partial charge < -0.3 is 5.73 Å². The highest BCUT2D eigenvalue weighted by molar-refractivity contribution is 7.87. The Labute approximate surface area is 157 Å². The third-order valence-electron chi connectivity index (χ3n) is 4.13. The molecule has 0 aromatic carbocycles. The van der Waals surface area contributed by atoms with E-state index in [1.165, 1.54) is 11.3 Å². The number of aromatic nitrogens is 1. The number of nitrogens with two attached hydrogens (primary N) is 1. The van der Waals surface area contributed by atoms with Gasteiger partial charge in [0.25, 0.3) is 0 Å². The Morgan fingerprint density at radius 2 is 1.96 bits per heavy atom. The second-order valence-electron chi connectivity index (χ2n) is 6.45. The van der Waals surface area contributed by atoms with Crippen molar-refractivity contribution in [1.82, 2.24) is 4.98 Å². The van der Waals surface area contributed by atoms with Crippen molar-refractivity contribution < 1.29 is 4.21 Å². The van der Waals surface area contributed by atoms with E-state index in [2.05, 4.69) is 9.98 Å². The second kappa shape index (κ2) is 6.09. The van der Waals surface area contributed by atoms with Gasteiger partial charge in [-0.25, -0.2) is 0 Å². The molecule has 2 atom stereocenters. The summed E-state index contributed by atoms with van der Waals surface area (Å²) in [6, 6.07) is 3.71. The summed E-state index contributed by atoms with van der Waals surface area (Å²) in [6.45, 7) is 5.62. The molecule has 4 nitrogen and oxygen atoms in total. The molecule has 24 heavy (non-hydrogen) atoms. The van der Waals surface area contributed by atoms with Crippen LogP contribution >= 0.6 is 34.5 Å². The molecule has 0 amide bonds. The van der Waals surface area contributed by atoms with Crippen molar-refractivity contribution in [2.24, 2.45) is 10.7 Å². The van der Waals surface area contributed by atoms with Gasteiger partial charge in [-0.2, -0.15) is 0 Å². The van der Waals surface area contributed by atoms with Crippen molar-refractivity contribution in [2.75, 3.05) is 5.75 Å². The first-order chi connectivity index (χ1) is 11.1. The highest BCUT2D eigenvalue weighted by Gasteiger charge is 2.44. The third-order valence-corrected chi connectivity index (χ3v) is 8.36. The van der Waals surface area contributed by atoms with E-state index in [4.69, 9.17) is 28.9 Å². The van der Waals surface area contributed by atoms with Gasteiger partial charge in [0, 0.05) is 33.6 Å². The molecule has 0 saturated carbocycles. The van der Waals surface area contributed by atoms with Crippen molar-refractivity contribution in [3.05, 3.63) is 39.4 Å². The number of aliphatic imine (C=N–C) groups is 1. The molecule has 0 aliphatic carbocycles. The summed E-state index contributed by atoms with van der Waals surface area (Å²) in [5, 5.41) is 1.15. The number of hydrogen-bond donors (Lipinski definition) is 1. The number of halogens is 2. The summed E-state index contributed by atoms with van der Waals surface area (Å²) in [5.41, 5.74) is 6.28. The first-order valence-electron chi connectivity index (χ1n) is 7.28. The van der Waals surface area contributed by atoms with Crippen molar-refractivity contribution >= 4 is 51.2 Å². The SMILES string of the molecule is CC1(C)C(N)=N[C@](C)(c2sc(-c3cncc(Cl)c3)cc2Cl)CS1=O. The van der Waals surface area contributed by atoms with Gasteiger partial charge in [-0.1, -0.05) is 23.2 Å². The average molecular weight is 402 g/mol. The summed E-state index contributed by atoms with van der Waals surface area (Å²) >= 11 is 14.0. The first-order valence-corrected chi connectivity index (χ1v) is 10.2. The lowest BCUT2D eigenvalue weighted by Gasteiger charge is -2.36. The molecule has 1 aliphatic heterocycles. The van der Waals surface area contributed by atoms with E-state index in [1.54, 1.807) is 12.4 Å². The minimum absolute atomic E-state index is 0.383. The fraction of sp³-hybridized carbons (Fsp3) is 0.375. The maximum atomic E-state index is 12.6. The summed E-state index contributed by atoms with van der Waals surface area (Å²) in [4.78, 5) is 10.6. The van der Waals surface area contributed by atoms with E-state index in [-0.39, 0.29) is 0 Å². The number of hydrogen-bond acceptors (Lipinski definition) is 5. The first kappa shape index (κ1) is 17.9. The lowest BCUT2D eigenvalue weighted by Crippen LogP contribution is -2.51. The van der Waals surface area contributed by atoms with Crippen LogP contribution in [-0.2, 0) is 16.3 Å². The smallest absolute Gasteiger partial charge is 0.113 e. The Kier molecular flexibility index (Phi) is 4.53. The molecule has 128 valence electrons. The molecule has 2 aromatic rings. The Balaban J connectivity index is 2.08. The molecule has 1 unspecified atom stereocenters. The van der Waals surface area contributed by atoms with E-state index >= 15 is 0 Å². The van der Waals surface area contributed by atoms with Crippen LogP contribution in [-0.4, -0.2) is 25.5 Å². The zero-order valence-electron chi connectivity index (χ0n) is 13.5. The Bertz CT molecular complexity index is 863.